The summed E-state index contributed by atoms with van der Waals surface area (Å²) in [6, 6.07) is 13.7. The van der Waals surface area contributed by atoms with E-state index in [1.165, 1.54) is 0 Å². The van der Waals surface area contributed by atoms with Crippen molar-refractivity contribution in [1.29, 1.82) is 0 Å². The predicted octanol–water partition coefficient (Wildman–Crippen LogP) is 4.58. The monoisotopic (exact) mass is 388 g/mol. The zero-order valence-electron chi connectivity index (χ0n) is 14.8. The van der Waals surface area contributed by atoms with Crippen LogP contribution in [0.15, 0.2) is 52.3 Å². The van der Waals surface area contributed by atoms with Crippen LogP contribution in [-0.4, -0.2) is 42.6 Å². The third-order valence-electron chi connectivity index (χ3n) is 4.59. The maximum absolute atomic E-state index is 13.3. The number of rotatable bonds is 2. The van der Waals surface area contributed by atoms with Crippen molar-refractivity contribution < 1.29 is 9.53 Å². The van der Waals surface area contributed by atoms with Crippen LogP contribution in [0.4, 0.5) is 11.4 Å². The van der Waals surface area contributed by atoms with Crippen LogP contribution in [-0.2, 0) is 9.53 Å². The molecule has 2 heterocycles. The summed E-state index contributed by atoms with van der Waals surface area (Å²) in [4.78, 5) is 19.4. The van der Waals surface area contributed by atoms with E-state index in [-0.39, 0.29) is 18.1 Å². The Balaban J connectivity index is 1.67. The molecule has 2 aliphatic heterocycles. The Hall–Kier alpha value is -1.53. The minimum Gasteiger partial charge on any atom is -0.373 e. The van der Waals surface area contributed by atoms with E-state index in [4.69, 9.17) is 16.3 Å². The minimum atomic E-state index is 0.0579. The van der Waals surface area contributed by atoms with Crippen LogP contribution in [0.5, 0.6) is 0 Å². The largest absolute Gasteiger partial charge is 0.373 e. The van der Waals surface area contributed by atoms with E-state index in [1.807, 2.05) is 41.3 Å². The highest BCUT2D eigenvalue weighted by atomic mass is 35.5. The van der Waals surface area contributed by atoms with E-state index in [1.54, 1.807) is 11.8 Å². The van der Waals surface area contributed by atoms with Crippen LogP contribution in [0.25, 0.3) is 0 Å². The van der Waals surface area contributed by atoms with Gasteiger partial charge in [0.25, 0.3) is 0 Å². The number of halogens is 1. The second kappa shape index (κ2) is 7.24. The zero-order chi connectivity index (χ0) is 18.3. The van der Waals surface area contributed by atoms with Crippen LogP contribution >= 0.6 is 23.4 Å². The molecular weight excluding hydrogens is 368 g/mol. The summed E-state index contributed by atoms with van der Waals surface area (Å²) in [5.41, 5.74) is 1.78. The number of para-hydroxylation sites is 1. The average Bonchev–Trinajstić information content (AvgIpc) is 2.58. The summed E-state index contributed by atoms with van der Waals surface area (Å²) in [5, 5.41) is 0.634. The van der Waals surface area contributed by atoms with E-state index >= 15 is 0 Å². The topological polar surface area (TPSA) is 32.8 Å². The highest BCUT2D eigenvalue weighted by Gasteiger charge is 2.31. The fraction of sp³-hybridized carbons (Fsp3) is 0.350. The van der Waals surface area contributed by atoms with Crippen molar-refractivity contribution in [1.82, 2.24) is 4.90 Å². The third kappa shape index (κ3) is 3.49. The molecule has 0 spiro atoms. The lowest BCUT2D eigenvalue weighted by molar-refractivity contribution is -0.122. The third-order valence-corrected chi connectivity index (χ3v) is 5.96. The first-order chi connectivity index (χ1) is 12.5. The molecule has 4 nitrogen and oxygen atoms in total. The van der Waals surface area contributed by atoms with Gasteiger partial charge in [-0.05, 0) is 44.2 Å². The summed E-state index contributed by atoms with van der Waals surface area (Å²) in [7, 11) is 0. The summed E-state index contributed by atoms with van der Waals surface area (Å²) in [6.07, 6.45) is 0.273. The lowest BCUT2D eigenvalue weighted by Gasteiger charge is -2.37. The molecular formula is C20H21ClN2O2S. The van der Waals surface area contributed by atoms with Gasteiger partial charge < -0.3 is 4.74 Å². The summed E-state index contributed by atoms with van der Waals surface area (Å²) in [6.45, 7) is 6.00. The van der Waals surface area contributed by atoms with E-state index in [0.29, 0.717) is 11.6 Å². The van der Waals surface area contributed by atoms with E-state index in [0.717, 1.165) is 34.3 Å². The van der Waals surface area contributed by atoms with Gasteiger partial charge in [-0.1, -0.05) is 35.5 Å². The molecule has 0 aromatic heterocycles. The summed E-state index contributed by atoms with van der Waals surface area (Å²) < 4.78 is 5.78. The fourth-order valence-electron chi connectivity index (χ4n) is 3.67. The van der Waals surface area contributed by atoms with Crippen molar-refractivity contribution in [3.05, 3.63) is 47.5 Å². The molecule has 136 valence electrons. The van der Waals surface area contributed by atoms with Gasteiger partial charge in [0.1, 0.15) is 0 Å². The zero-order valence-corrected chi connectivity index (χ0v) is 16.4. The van der Waals surface area contributed by atoms with Crippen LogP contribution in [0.2, 0.25) is 5.02 Å². The van der Waals surface area contributed by atoms with Gasteiger partial charge in [0.15, 0.2) is 0 Å². The van der Waals surface area contributed by atoms with E-state index in [2.05, 4.69) is 24.8 Å². The Morgan fingerprint density at radius 1 is 1.12 bits per heavy atom. The number of fused-ring (bicyclic) bond motifs is 2. The molecule has 2 aromatic rings. The van der Waals surface area contributed by atoms with Gasteiger partial charge in [0.2, 0.25) is 5.91 Å². The van der Waals surface area contributed by atoms with Crippen molar-refractivity contribution in [3.63, 3.8) is 0 Å². The second-order valence-corrected chi connectivity index (χ2v) is 8.38. The number of ether oxygens (including phenoxy) is 1. The number of carbonyl (C=O) groups excluding carboxylic acids is 1. The molecule has 0 N–H and O–H groups in total. The molecule has 26 heavy (non-hydrogen) atoms. The standard InChI is InChI=1S/C20H21ClN2O2S/c1-13-10-22(11-14(2)25-13)12-20(24)23-16-5-3-4-6-18(16)26-19-8-7-15(21)9-17(19)23/h3-9,13-14H,10-12H2,1-2H3/t13-,14-/m0/s1. The van der Waals surface area contributed by atoms with Crippen molar-refractivity contribution in [2.24, 2.45) is 0 Å². The Morgan fingerprint density at radius 2 is 1.81 bits per heavy atom. The molecule has 2 atom stereocenters. The number of anilines is 2. The highest BCUT2D eigenvalue weighted by molar-refractivity contribution is 7.99. The van der Waals surface area contributed by atoms with Crippen molar-refractivity contribution in [3.8, 4) is 0 Å². The van der Waals surface area contributed by atoms with E-state index < -0.39 is 0 Å². The summed E-state index contributed by atoms with van der Waals surface area (Å²) in [5.74, 6) is 0.0579. The fourth-order valence-corrected chi connectivity index (χ4v) is 4.88. The number of carbonyl (C=O) groups is 1. The number of benzene rings is 2. The minimum absolute atomic E-state index is 0.0579. The van der Waals surface area contributed by atoms with Gasteiger partial charge in [0, 0.05) is 27.9 Å². The highest BCUT2D eigenvalue weighted by Crippen LogP contribution is 2.48. The first-order valence-corrected chi connectivity index (χ1v) is 9.98. The SMILES string of the molecule is C[C@H]1CN(CC(=O)N2c3ccccc3Sc3ccc(Cl)cc32)C[C@H](C)O1. The lowest BCUT2D eigenvalue weighted by Crippen LogP contribution is -2.49. The molecule has 1 amide bonds. The molecule has 1 saturated heterocycles. The van der Waals surface area contributed by atoms with Crippen LogP contribution in [0.1, 0.15) is 13.8 Å². The lowest BCUT2D eigenvalue weighted by atomic mass is 10.2. The smallest absolute Gasteiger partial charge is 0.245 e. The summed E-state index contributed by atoms with van der Waals surface area (Å²) >= 11 is 7.90. The quantitative estimate of drug-likeness (QED) is 0.753. The number of nitrogens with zero attached hydrogens (tertiary/aromatic N) is 2. The van der Waals surface area contributed by atoms with E-state index in [9.17, 15) is 4.79 Å². The molecule has 1 fully saturated rings. The Kier molecular flexibility index (Phi) is 4.97. The van der Waals surface area contributed by atoms with Crippen LogP contribution in [0.3, 0.4) is 0 Å². The first-order valence-electron chi connectivity index (χ1n) is 8.78. The molecule has 0 radical (unpaired) electrons. The van der Waals surface area contributed by atoms with Gasteiger partial charge in [-0.25, -0.2) is 0 Å². The van der Waals surface area contributed by atoms with Gasteiger partial charge >= 0.3 is 0 Å². The molecule has 0 bridgehead atoms. The molecule has 2 aromatic carbocycles. The molecule has 0 aliphatic carbocycles. The van der Waals surface area contributed by atoms with Gasteiger partial charge in [-0.2, -0.15) is 0 Å². The maximum atomic E-state index is 13.3. The van der Waals surface area contributed by atoms with Gasteiger partial charge in [-0.3, -0.25) is 14.6 Å². The van der Waals surface area contributed by atoms with Crippen molar-refractivity contribution >= 4 is 40.6 Å². The predicted molar refractivity (Wildman–Crippen MR) is 106 cm³/mol. The normalized spacial score (nSPS) is 22.7. The molecule has 6 heteroatoms. The van der Waals surface area contributed by atoms with Crippen molar-refractivity contribution in [2.75, 3.05) is 24.5 Å². The Labute approximate surface area is 163 Å². The second-order valence-electron chi connectivity index (χ2n) is 6.86. The van der Waals surface area contributed by atoms with Crippen molar-refractivity contribution in [2.45, 2.75) is 35.8 Å². The maximum Gasteiger partial charge on any atom is 0.245 e. The number of amides is 1. The Morgan fingerprint density at radius 3 is 2.58 bits per heavy atom. The number of hydrogen-bond donors (Lipinski definition) is 0. The molecule has 2 aliphatic rings. The van der Waals surface area contributed by atoms with Gasteiger partial charge in [0.05, 0.1) is 30.1 Å². The van der Waals surface area contributed by atoms with Crippen LogP contribution < -0.4 is 4.90 Å². The Bertz CT molecular complexity index is 834. The average molecular weight is 389 g/mol. The molecule has 0 unspecified atom stereocenters. The number of morpholine rings is 1. The molecule has 0 saturated carbocycles. The van der Waals surface area contributed by atoms with Gasteiger partial charge in [-0.15, -0.1) is 0 Å². The molecule has 4 rings (SSSR count). The first kappa shape index (κ1) is 17.9. The van der Waals surface area contributed by atoms with Crippen LogP contribution in [0, 0.1) is 0 Å². The number of hydrogen-bond acceptors (Lipinski definition) is 4.